The Hall–Kier alpha value is -5.94. The Labute approximate surface area is 297 Å². The Morgan fingerprint density at radius 1 is 0.320 bits per heavy atom. The van der Waals surface area contributed by atoms with Crippen molar-refractivity contribution in [2.75, 3.05) is 0 Å². The first kappa shape index (κ1) is 29.0. The lowest BCUT2D eigenvalue weighted by Gasteiger charge is -2.13. The van der Waals surface area contributed by atoms with Gasteiger partial charge in [0.15, 0.2) is 5.82 Å². The molecule has 50 heavy (non-hydrogen) atoms. The molecule has 0 atom stereocenters. The van der Waals surface area contributed by atoms with Gasteiger partial charge in [-0.15, -0.1) is 22.7 Å². The molecule has 0 amide bonds. The summed E-state index contributed by atoms with van der Waals surface area (Å²) < 4.78 is 5.15. The molecular formula is C46H28N2S2. The van der Waals surface area contributed by atoms with Crippen LogP contribution in [0.1, 0.15) is 0 Å². The molecule has 4 heteroatoms. The quantitative estimate of drug-likeness (QED) is 0.182. The Balaban J connectivity index is 1.13. The molecule has 10 rings (SSSR count). The Kier molecular flexibility index (Phi) is 6.90. The number of fused-ring (bicyclic) bond motifs is 6. The molecule has 10 aromatic rings. The van der Waals surface area contributed by atoms with Crippen LogP contribution in [-0.2, 0) is 0 Å². The lowest BCUT2D eigenvalue weighted by Crippen LogP contribution is -1.97. The number of nitrogens with zero attached hydrogens (tertiary/aromatic N) is 2. The summed E-state index contributed by atoms with van der Waals surface area (Å²) in [6.07, 6.45) is 0. The molecule has 2 nitrogen and oxygen atoms in total. The largest absolute Gasteiger partial charge is 0.228 e. The van der Waals surface area contributed by atoms with Crippen molar-refractivity contribution in [3.05, 3.63) is 170 Å². The van der Waals surface area contributed by atoms with Gasteiger partial charge in [0.2, 0.25) is 0 Å². The van der Waals surface area contributed by atoms with Gasteiger partial charge in [0.05, 0.1) is 11.4 Å². The molecular weight excluding hydrogens is 645 g/mol. The van der Waals surface area contributed by atoms with E-state index < -0.39 is 0 Å². The number of thiophene rings is 2. The fraction of sp³-hybridized carbons (Fsp3) is 0. The molecule has 0 unspecified atom stereocenters. The normalized spacial score (nSPS) is 11.6. The van der Waals surface area contributed by atoms with E-state index in [0.29, 0.717) is 5.82 Å². The van der Waals surface area contributed by atoms with Crippen LogP contribution in [0.15, 0.2) is 170 Å². The monoisotopic (exact) mass is 672 g/mol. The van der Waals surface area contributed by atoms with Crippen molar-refractivity contribution in [1.82, 2.24) is 9.97 Å². The fourth-order valence-corrected chi connectivity index (χ4v) is 9.46. The summed E-state index contributed by atoms with van der Waals surface area (Å²) in [5.74, 6) is 0.713. The number of benzene rings is 7. The van der Waals surface area contributed by atoms with Gasteiger partial charge in [0.1, 0.15) is 0 Å². The maximum atomic E-state index is 5.29. The summed E-state index contributed by atoms with van der Waals surface area (Å²) >= 11 is 3.68. The summed E-state index contributed by atoms with van der Waals surface area (Å²) in [5, 5.41) is 5.17. The SMILES string of the molecule is c1ccc(-c2ccccc2-c2cc(-c3cccc4c3sc3ccccc34)nc(-c3ccc(-c4ccc5c(c4)sc4ccccc45)cc3)n2)cc1. The lowest BCUT2D eigenvalue weighted by molar-refractivity contribution is 1.19. The highest BCUT2D eigenvalue weighted by molar-refractivity contribution is 7.26. The molecule has 0 N–H and O–H groups in total. The van der Waals surface area contributed by atoms with Crippen molar-refractivity contribution in [3.8, 4) is 56.2 Å². The first-order chi connectivity index (χ1) is 24.8. The zero-order valence-corrected chi connectivity index (χ0v) is 28.5. The van der Waals surface area contributed by atoms with Crippen molar-refractivity contribution in [3.63, 3.8) is 0 Å². The van der Waals surface area contributed by atoms with E-state index >= 15 is 0 Å². The van der Waals surface area contributed by atoms with E-state index in [4.69, 9.17) is 9.97 Å². The summed E-state index contributed by atoms with van der Waals surface area (Å²) in [6.45, 7) is 0. The molecule has 7 aromatic carbocycles. The van der Waals surface area contributed by atoms with Gasteiger partial charge < -0.3 is 0 Å². The summed E-state index contributed by atoms with van der Waals surface area (Å²) in [7, 11) is 0. The van der Waals surface area contributed by atoms with Crippen molar-refractivity contribution < 1.29 is 0 Å². The van der Waals surface area contributed by atoms with Gasteiger partial charge in [-0.3, -0.25) is 0 Å². The number of rotatable bonds is 5. The number of hydrogen-bond acceptors (Lipinski definition) is 4. The van der Waals surface area contributed by atoms with Crippen LogP contribution in [0, 0.1) is 0 Å². The Morgan fingerprint density at radius 2 is 0.880 bits per heavy atom. The third-order valence-corrected chi connectivity index (χ3v) is 11.9. The maximum Gasteiger partial charge on any atom is 0.160 e. The Morgan fingerprint density at radius 3 is 1.68 bits per heavy atom. The molecule has 234 valence electrons. The highest BCUT2D eigenvalue weighted by Crippen LogP contribution is 2.42. The van der Waals surface area contributed by atoms with Crippen LogP contribution in [0.25, 0.3) is 96.5 Å². The first-order valence-corrected chi connectivity index (χ1v) is 18.4. The summed E-state index contributed by atoms with van der Waals surface area (Å²) in [6, 6.07) is 60.7. The zero-order valence-electron chi connectivity index (χ0n) is 26.9. The van der Waals surface area contributed by atoms with Gasteiger partial charge in [-0.1, -0.05) is 146 Å². The van der Waals surface area contributed by atoms with E-state index in [-0.39, 0.29) is 0 Å². The standard InChI is InChI=1S/C46H28N2S2/c1-2-11-30(12-3-1)33-13-4-5-14-34(33)40-28-41(39-18-10-17-38-36-16-7-9-20-43(36)50-45(38)39)48-46(47-40)31-23-21-29(22-24-31)32-25-26-37-35-15-6-8-19-42(35)49-44(37)27-32/h1-28H. The van der Waals surface area contributed by atoms with Crippen LogP contribution in [0.5, 0.6) is 0 Å². The molecule has 0 aliphatic rings. The van der Waals surface area contributed by atoms with Crippen LogP contribution in [0.3, 0.4) is 0 Å². The minimum absolute atomic E-state index is 0.713. The van der Waals surface area contributed by atoms with Crippen LogP contribution in [0.4, 0.5) is 0 Å². The third-order valence-electron chi connectivity index (χ3n) is 9.55. The van der Waals surface area contributed by atoms with Gasteiger partial charge in [-0.2, -0.15) is 0 Å². The van der Waals surface area contributed by atoms with E-state index in [1.807, 2.05) is 22.7 Å². The van der Waals surface area contributed by atoms with Gasteiger partial charge in [0, 0.05) is 57.0 Å². The van der Waals surface area contributed by atoms with Gasteiger partial charge in [-0.05, 0) is 46.5 Å². The molecule has 0 radical (unpaired) electrons. The molecule has 0 bridgehead atoms. The maximum absolute atomic E-state index is 5.29. The first-order valence-electron chi connectivity index (χ1n) is 16.7. The number of aromatic nitrogens is 2. The van der Waals surface area contributed by atoms with Gasteiger partial charge in [-0.25, -0.2) is 9.97 Å². The highest BCUT2D eigenvalue weighted by atomic mass is 32.1. The molecule has 0 spiro atoms. The highest BCUT2D eigenvalue weighted by Gasteiger charge is 2.17. The average molecular weight is 673 g/mol. The molecule has 3 aromatic heterocycles. The Bertz CT molecular complexity index is 2860. The number of hydrogen-bond donors (Lipinski definition) is 0. The van der Waals surface area contributed by atoms with Crippen LogP contribution in [-0.4, -0.2) is 9.97 Å². The molecule has 0 saturated heterocycles. The summed E-state index contributed by atoms with van der Waals surface area (Å²) in [5.41, 5.74) is 9.71. The second-order valence-electron chi connectivity index (χ2n) is 12.5. The minimum atomic E-state index is 0.713. The van der Waals surface area contributed by atoms with Crippen LogP contribution in [0.2, 0.25) is 0 Å². The molecule has 0 saturated carbocycles. The molecule has 0 aliphatic heterocycles. The summed E-state index contributed by atoms with van der Waals surface area (Å²) in [4.78, 5) is 10.6. The minimum Gasteiger partial charge on any atom is -0.228 e. The van der Waals surface area contributed by atoms with Gasteiger partial charge >= 0.3 is 0 Å². The van der Waals surface area contributed by atoms with Crippen molar-refractivity contribution in [2.24, 2.45) is 0 Å². The molecule has 3 heterocycles. The smallest absolute Gasteiger partial charge is 0.160 e. The second-order valence-corrected chi connectivity index (χ2v) is 14.7. The van der Waals surface area contributed by atoms with Crippen molar-refractivity contribution in [1.29, 1.82) is 0 Å². The molecule has 0 aliphatic carbocycles. The lowest BCUT2D eigenvalue weighted by atomic mass is 9.96. The third kappa shape index (κ3) is 4.92. The van der Waals surface area contributed by atoms with E-state index in [1.165, 1.54) is 51.5 Å². The molecule has 0 fully saturated rings. The van der Waals surface area contributed by atoms with Gasteiger partial charge in [0.25, 0.3) is 0 Å². The van der Waals surface area contributed by atoms with E-state index in [1.54, 1.807) is 0 Å². The fourth-order valence-electron chi connectivity index (χ4n) is 7.09. The zero-order chi connectivity index (χ0) is 33.0. The topological polar surface area (TPSA) is 25.8 Å². The van der Waals surface area contributed by atoms with Crippen LogP contribution >= 0.6 is 22.7 Å². The average Bonchev–Trinajstić information content (AvgIpc) is 3.76. The van der Waals surface area contributed by atoms with E-state index in [2.05, 4.69) is 170 Å². The van der Waals surface area contributed by atoms with Crippen molar-refractivity contribution >= 4 is 63.0 Å². The van der Waals surface area contributed by atoms with Crippen LogP contribution < -0.4 is 0 Å². The van der Waals surface area contributed by atoms with Crippen molar-refractivity contribution in [2.45, 2.75) is 0 Å². The predicted molar refractivity (Wildman–Crippen MR) is 215 cm³/mol. The van der Waals surface area contributed by atoms with E-state index in [0.717, 1.165) is 39.2 Å². The predicted octanol–water partition coefficient (Wildman–Crippen LogP) is 13.5. The van der Waals surface area contributed by atoms with E-state index in [9.17, 15) is 0 Å². The second kappa shape index (κ2) is 11.9.